The summed E-state index contributed by atoms with van der Waals surface area (Å²) in [5.41, 5.74) is 0. The number of ether oxygens (including phenoxy) is 1. The van der Waals surface area contributed by atoms with Gasteiger partial charge in [-0.15, -0.1) is 0 Å². The van der Waals surface area contributed by atoms with E-state index in [2.05, 4.69) is 10.0 Å². The lowest BCUT2D eigenvalue weighted by atomic mass is 9.96. The molecule has 2 saturated heterocycles. The highest BCUT2D eigenvalue weighted by atomic mass is 32.2. The zero-order valence-electron chi connectivity index (χ0n) is 10.9. The fourth-order valence-electron chi connectivity index (χ4n) is 2.65. The number of nitrogens with one attached hydrogen (secondary N) is 2. The van der Waals surface area contributed by atoms with Gasteiger partial charge in [-0.05, 0) is 51.1 Å². The molecular formula is C12H24N2O3S. The van der Waals surface area contributed by atoms with Crippen molar-refractivity contribution in [1.29, 1.82) is 0 Å². The third-order valence-corrected chi connectivity index (χ3v) is 5.67. The first-order chi connectivity index (χ1) is 8.68. The van der Waals surface area contributed by atoms with Crippen LogP contribution in [0.1, 0.15) is 32.1 Å². The lowest BCUT2D eigenvalue weighted by molar-refractivity contribution is 0.0988. The SMILES string of the molecule is O=S(=O)(NCCC1CCCNC1)C1CCCOC1. The van der Waals surface area contributed by atoms with Crippen molar-refractivity contribution in [3.63, 3.8) is 0 Å². The third-order valence-electron chi connectivity index (χ3n) is 3.81. The smallest absolute Gasteiger partial charge is 0.216 e. The van der Waals surface area contributed by atoms with E-state index in [1.54, 1.807) is 0 Å². The molecule has 2 unspecified atom stereocenters. The standard InChI is InChI=1S/C12H24N2O3S/c15-18(16,12-4-2-8-17-10-12)14-7-5-11-3-1-6-13-9-11/h11-14H,1-10H2. The first-order valence-corrected chi connectivity index (χ1v) is 8.50. The zero-order chi connectivity index (χ0) is 12.8. The normalized spacial score (nSPS) is 30.2. The van der Waals surface area contributed by atoms with Crippen molar-refractivity contribution in [2.75, 3.05) is 32.8 Å². The van der Waals surface area contributed by atoms with Crippen LogP contribution in [0.25, 0.3) is 0 Å². The molecule has 0 spiro atoms. The molecule has 0 amide bonds. The molecule has 0 aliphatic carbocycles. The second-order valence-electron chi connectivity index (χ2n) is 5.28. The predicted molar refractivity (Wildman–Crippen MR) is 71.0 cm³/mol. The van der Waals surface area contributed by atoms with Crippen molar-refractivity contribution in [3.8, 4) is 0 Å². The Hall–Kier alpha value is -0.170. The van der Waals surface area contributed by atoms with Crippen LogP contribution in [0, 0.1) is 5.92 Å². The van der Waals surface area contributed by atoms with Gasteiger partial charge in [0.1, 0.15) is 0 Å². The summed E-state index contributed by atoms with van der Waals surface area (Å²) in [5.74, 6) is 0.615. The lowest BCUT2D eigenvalue weighted by Gasteiger charge is -2.25. The Bertz CT molecular complexity index is 333. The Kier molecular flexibility index (Phi) is 5.41. The van der Waals surface area contributed by atoms with Gasteiger partial charge in [0, 0.05) is 13.2 Å². The Morgan fingerprint density at radius 2 is 2.17 bits per heavy atom. The topological polar surface area (TPSA) is 67.4 Å². The van der Waals surface area contributed by atoms with Gasteiger partial charge in [0.15, 0.2) is 0 Å². The van der Waals surface area contributed by atoms with E-state index in [4.69, 9.17) is 4.74 Å². The van der Waals surface area contributed by atoms with Gasteiger partial charge in [0.25, 0.3) is 0 Å². The van der Waals surface area contributed by atoms with Crippen molar-refractivity contribution >= 4 is 10.0 Å². The Morgan fingerprint density at radius 1 is 1.28 bits per heavy atom. The average Bonchev–Trinajstić information content (AvgIpc) is 2.41. The lowest BCUT2D eigenvalue weighted by Crippen LogP contribution is -2.41. The molecule has 2 aliphatic heterocycles. The number of hydrogen-bond acceptors (Lipinski definition) is 4. The molecule has 0 aromatic heterocycles. The zero-order valence-corrected chi connectivity index (χ0v) is 11.7. The summed E-state index contributed by atoms with van der Waals surface area (Å²) < 4.78 is 32.0. The fraction of sp³-hybridized carbons (Fsp3) is 1.00. The van der Waals surface area contributed by atoms with Gasteiger partial charge in [-0.3, -0.25) is 0 Å². The van der Waals surface area contributed by atoms with Crippen LogP contribution in [0.15, 0.2) is 0 Å². The second-order valence-corrected chi connectivity index (χ2v) is 7.32. The van der Waals surface area contributed by atoms with Crippen LogP contribution in [0.3, 0.4) is 0 Å². The van der Waals surface area contributed by atoms with Crippen LogP contribution in [0.2, 0.25) is 0 Å². The Balaban J connectivity index is 1.70. The maximum Gasteiger partial charge on any atom is 0.216 e. The summed E-state index contributed by atoms with van der Waals surface area (Å²) >= 11 is 0. The summed E-state index contributed by atoms with van der Waals surface area (Å²) in [7, 11) is -3.18. The van der Waals surface area contributed by atoms with Gasteiger partial charge in [-0.2, -0.15) is 0 Å². The molecule has 18 heavy (non-hydrogen) atoms. The van der Waals surface area contributed by atoms with Gasteiger partial charge >= 0.3 is 0 Å². The Morgan fingerprint density at radius 3 is 2.83 bits per heavy atom. The van der Waals surface area contributed by atoms with E-state index >= 15 is 0 Å². The molecule has 2 N–H and O–H groups in total. The molecule has 2 aliphatic rings. The quantitative estimate of drug-likeness (QED) is 0.766. The molecular weight excluding hydrogens is 252 g/mol. The molecule has 0 aromatic rings. The van der Waals surface area contributed by atoms with Crippen molar-refractivity contribution in [1.82, 2.24) is 10.0 Å². The van der Waals surface area contributed by atoms with Gasteiger partial charge < -0.3 is 10.1 Å². The van der Waals surface area contributed by atoms with Crippen LogP contribution >= 0.6 is 0 Å². The highest BCUT2D eigenvalue weighted by molar-refractivity contribution is 7.90. The maximum atomic E-state index is 12.0. The molecule has 0 saturated carbocycles. The first kappa shape index (κ1) is 14.2. The molecule has 0 bridgehead atoms. The summed E-state index contributed by atoms with van der Waals surface area (Å²) in [4.78, 5) is 0. The summed E-state index contributed by atoms with van der Waals surface area (Å²) in [6.45, 7) is 3.72. The molecule has 2 atom stereocenters. The summed E-state index contributed by atoms with van der Waals surface area (Å²) in [6.07, 6.45) is 4.91. The van der Waals surface area contributed by atoms with E-state index < -0.39 is 10.0 Å². The molecule has 2 heterocycles. The van der Waals surface area contributed by atoms with Gasteiger partial charge in [0.05, 0.1) is 11.9 Å². The van der Waals surface area contributed by atoms with E-state index in [0.717, 1.165) is 32.4 Å². The molecule has 0 aromatic carbocycles. The molecule has 2 rings (SSSR count). The van der Waals surface area contributed by atoms with Crippen molar-refractivity contribution < 1.29 is 13.2 Å². The summed E-state index contributed by atoms with van der Waals surface area (Å²) in [6, 6.07) is 0. The molecule has 2 fully saturated rings. The van der Waals surface area contributed by atoms with E-state index in [9.17, 15) is 8.42 Å². The van der Waals surface area contributed by atoms with E-state index in [-0.39, 0.29) is 5.25 Å². The van der Waals surface area contributed by atoms with Crippen LogP contribution in [-0.4, -0.2) is 46.5 Å². The number of piperidine rings is 1. The molecule has 0 radical (unpaired) electrons. The molecule has 5 nitrogen and oxygen atoms in total. The van der Waals surface area contributed by atoms with Crippen LogP contribution in [0.4, 0.5) is 0 Å². The van der Waals surface area contributed by atoms with Gasteiger partial charge in [-0.1, -0.05) is 0 Å². The van der Waals surface area contributed by atoms with E-state index in [0.29, 0.717) is 25.7 Å². The van der Waals surface area contributed by atoms with Crippen LogP contribution < -0.4 is 10.0 Å². The number of hydrogen-bond donors (Lipinski definition) is 2. The predicted octanol–water partition coefficient (Wildman–Crippen LogP) is 0.475. The Labute approximate surface area is 110 Å². The van der Waals surface area contributed by atoms with Gasteiger partial charge in [-0.25, -0.2) is 13.1 Å². The maximum absolute atomic E-state index is 12.0. The first-order valence-electron chi connectivity index (χ1n) is 6.95. The van der Waals surface area contributed by atoms with Crippen molar-refractivity contribution in [2.24, 2.45) is 5.92 Å². The van der Waals surface area contributed by atoms with Crippen molar-refractivity contribution in [3.05, 3.63) is 0 Å². The summed E-state index contributed by atoms with van der Waals surface area (Å²) in [5, 5.41) is 3.00. The van der Waals surface area contributed by atoms with E-state index in [1.165, 1.54) is 12.8 Å². The van der Waals surface area contributed by atoms with Crippen LogP contribution in [0.5, 0.6) is 0 Å². The van der Waals surface area contributed by atoms with Crippen LogP contribution in [-0.2, 0) is 14.8 Å². The molecule has 106 valence electrons. The minimum atomic E-state index is -3.18. The van der Waals surface area contributed by atoms with Crippen molar-refractivity contribution in [2.45, 2.75) is 37.4 Å². The monoisotopic (exact) mass is 276 g/mol. The average molecular weight is 276 g/mol. The minimum Gasteiger partial charge on any atom is -0.380 e. The third kappa shape index (κ3) is 4.19. The second kappa shape index (κ2) is 6.84. The highest BCUT2D eigenvalue weighted by Crippen LogP contribution is 2.15. The molecule has 6 heteroatoms. The highest BCUT2D eigenvalue weighted by Gasteiger charge is 2.27. The fourth-order valence-corrected chi connectivity index (χ4v) is 4.04. The minimum absolute atomic E-state index is 0.348. The number of rotatable bonds is 5. The van der Waals surface area contributed by atoms with E-state index in [1.807, 2.05) is 0 Å². The largest absolute Gasteiger partial charge is 0.380 e. The van der Waals surface area contributed by atoms with Gasteiger partial charge in [0.2, 0.25) is 10.0 Å². The number of sulfonamides is 1.